The van der Waals surface area contributed by atoms with Crippen molar-refractivity contribution in [2.75, 3.05) is 7.05 Å². The third kappa shape index (κ3) is 2.24. The topological polar surface area (TPSA) is 71.8 Å². The van der Waals surface area contributed by atoms with Crippen LogP contribution in [-0.4, -0.2) is 23.8 Å². The summed E-state index contributed by atoms with van der Waals surface area (Å²) in [6, 6.07) is 11.9. The second-order valence-electron chi connectivity index (χ2n) is 5.21. The van der Waals surface area contributed by atoms with Crippen LogP contribution in [0.25, 0.3) is 27.5 Å². The lowest BCUT2D eigenvalue weighted by atomic mass is 10.1. The molecule has 5 nitrogen and oxygen atoms in total. The van der Waals surface area contributed by atoms with Gasteiger partial charge >= 0.3 is 0 Å². The van der Waals surface area contributed by atoms with Crippen molar-refractivity contribution in [3.8, 4) is 11.3 Å². The molecule has 3 aromatic rings. The minimum Gasteiger partial charge on any atom is -0.457 e. The van der Waals surface area contributed by atoms with Crippen LogP contribution in [0, 0.1) is 0 Å². The molecule has 2 N–H and O–H groups in total. The van der Waals surface area contributed by atoms with E-state index in [0.717, 1.165) is 16.7 Å². The fraction of sp³-hybridized carbons (Fsp3) is 0.0588. The fourth-order valence-electron chi connectivity index (χ4n) is 2.54. The van der Waals surface area contributed by atoms with E-state index in [1.54, 1.807) is 29.4 Å². The van der Waals surface area contributed by atoms with Crippen molar-refractivity contribution in [1.29, 1.82) is 0 Å². The molecule has 6 heteroatoms. The Morgan fingerprint density at radius 3 is 2.87 bits per heavy atom. The molecule has 1 amide bonds. The van der Waals surface area contributed by atoms with E-state index in [1.807, 2.05) is 24.3 Å². The summed E-state index contributed by atoms with van der Waals surface area (Å²) in [6.07, 6.45) is 1.66. The second-order valence-corrected chi connectivity index (χ2v) is 6.12. The molecule has 0 radical (unpaired) electrons. The van der Waals surface area contributed by atoms with Crippen LogP contribution in [0.1, 0.15) is 5.76 Å². The molecular formula is C17H13N3O2S. The smallest absolute Gasteiger partial charge is 0.297 e. The summed E-state index contributed by atoms with van der Waals surface area (Å²) in [5.41, 5.74) is 7.10. The number of carbonyl (C=O) groups is 1. The Labute approximate surface area is 136 Å². The van der Waals surface area contributed by atoms with Crippen LogP contribution in [0.4, 0.5) is 0 Å². The monoisotopic (exact) mass is 323 g/mol. The summed E-state index contributed by atoms with van der Waals surface area (Å²) < 4.78 is 7.10. The number of rotatable bonds is 2. The van der Waals surface area contributed by atoms with E-state index in [-0.39, 0.29) is 11.9 Å². The highest BCUT2D eigenvalue weighted by Crippen LogP contribution is 2.35. The summed E-state index contributed by atoms with van der Waals surface area (Å²) in [7, 11) is 1.70. The summed E-state index contributed by atoms with van der Waals surface area (Å²) in [4.78, 5) is 17.1. The number of carbonyl (C=O) groups excluding carboxylic acids is 1. The van der Waals surface area contributed by atoms with E-state index >= 15 is 0 Å². The number of likely N-dealkylation sites (N-methyl/N-ethyl adjacent to an activating group) is 1. The number of aliphatic imine (C=N–C) groups is 1. The van der Waals surface area contributed by atoms with Crippen molar-refractivity contribution >= 4 is 39.4 Å². The van der Waals surface area contributed by atoms with E-state index in [4.69, 9.17) is 10.2 Å². The van der Waals surface area contributed by atoms with Crippen LogP contribution < -0.4 is 5.73 Å². The zero-order valence-electron chi connectivity index (χ0n) is 12.3. The number of fused-ring (bicyclic) bond motifs is 1. The number of nitrogens with two attached hydrogens (primary N) is 1. The van der Waals surface area contributed by atoms with Gasteiger partial charge in [-0.2, -0.15) is 4.99 Å². The average molecular weight is 323 g/mol. The molecule has 0 saturated carbocycles. The standard InChI is InChI=1S/C17H13N3O2S/c1-20-13(16(21)19-17(20)18)8-10-6-7-14(22-10)12-9-23-15-5-3-2-4-11(12)15/h2-9H,1H3,(H2,18,19,21)/b13-8-. The second kappa shape index (κ2) is 5.10. The van der Waals surface area contributed by atoms with Crippen LogP contribution in [-0.2, 0) is 4.79 Å². The molecule has 0 atom stereocenters. The van der Waals surface area contributed by atoms with Gasteiger partial charge in [-0.1, -0.05) is 18.2 Å². The number of thiophene rings is 1. The molecule has 4 rings (SSSR count). The quantitative estimate of drug-likeness (QED) is 0.735. The number of hydrogen-bond donors (Lipinski definition) is 1. The Balaban J connectivity index is 1.72. The van der Waals surface area contributed by atoms with Crippen molar-refractivity contribution in [3.05, 3.63) is 53.2 Å². The van der Waals surface area contributed by atoms with E-state index in [0.29, 0.717) is 11.5 Å². The van der Waals surface area contributed by atoms with Crippen LogP contribution in [0.5, 0.6) is 0 Å². The molecule has 0 saturated heterocycles. The lowest BCUT2D eigenvalue weighted by Crippen LogP contribution is -2.28. The molecular weight excluding hydrogens is 310 g/mol. The first-order chi connectivity index (χ1) is 11.1. The van der Waals surface area contributed by atoms with Gasteiger partial charge in [0, 0.05) is 34.2 Å². The number of furan rings is 1. The van der Waals surface area contributed by atoms with Crippen molar-refractivity contribution in [2.24, 2.45) is 10.7 Å². The lowest BCUT2D eigenvalue weighted by molar-refractivity contribution is -0.114. The van der Waals surface area contributed by atoms with Gasteiger partial charge in [0.15, 0.2) is 0 Å². The molecule has 0 bridgehead atoms. The van der Waals surface area contributed by atoms with Gasteiger partial charge in [0.2, 0.25) is 5.96 Å². The fourth-order valence-corrected chi connectivity index (χ4v) is 3.49. The molecule has 0 spiro atoms. The molecule has 1 aliphatic rings. The van der Waals surface area contributed by atoms with Crippen LogP contribution in [0.15, 0.2) is 56.9 Å². The third-order valence-corrected chi connectivity index (χ3v) is 4.76. The zero-order valence-corrected chi connectivity index (χ0v) is 13.1. The lowest BCUT2D eigenvalue weighted by Gasteiger charge is -2.10. The van der Waals surface area contributed by atoms with Gasteiger partial charge in [0.05, 0.1) is 0 Å². The molecule has 114 valence electrons. The third-order valence-electron chi connectivity index (χ3n) is 3.79. The van der Waals surface area contributed by atoms with Crippen LogP contribution >= 0.6 is 11.3 Å². The number of benzene rings is 1. The van der Waals surface area contributed by atoms with E-state index in [1.165, 1.54) is 4.70 Å². The largest absolute Gasteiger partial charge is 0.457 e. The maximum Gasteiger partial charge on any atom is 0.297 e. The minimum atomic E-state index is -0.357. The number of guanidine groups is 1. The zero-order chi connectivity index (χ0) is 16.0. The molecule has 0 aliphatic carbocycles. The number of hydrogen-bond acceptors (Lipinski definition) is 5. The van der Waals surface area contributed by atoms with Crippen LogP contribution in [0.2, 0.25) is 0 Å². The predicted octanol–water partition coefficient (Wildman–Crippen LogP) is 3.29. The highest BCUT2D eigenvalue weighted by Gasteiger charge is 2.24. The van der Waals surface area contributed by atoms with Crippen molar-refractivity contribution in [2.45, 2.75) is 0 Å². The van der Waals surface area contributed by atoms with Gasteiger partial charge in [0.1, 0.15) is 17.2 Å². The summed E-state index contributed by atoms with van der Waals surface area (Å²) >= 11 is 1.68. The van der Waals surface area contributed by atoms with Crippen molar-refractivity contribution in [3.63, 3.8) is 0 Å². The normalized spacial score (nSPS) is 16.6. The maximum atomic E-state index is 11.8. The average Bonchev–Trinajstić information content (AvgIpc) is 3.22. The number of nitrogens with zero attached hydrogens (tertiary/aromatic N) is 2. The molecule has 0 unspecified atom stereocenters. The Morgan fingerprint density at radius 1 is 1.26 bits per heavy atom. The molecule has 3 heterocycles. The molecule has 2 aromatic heterocycles. The Kier molecular flexibility index (Phi) is 3.06. The van der Waals surface area contributed by atoms with Gasteiger partial charge in [-0.25, -0.2) is 0 Å². The SMILES string of the molecule is CN1C(N)=NC(=O)/C1=C/c1ccc(-c2csc3ccccc23)o1. The van der Waals surface area contributed by atoms with Crippen molar-refractivity contribution < 1.29 is 9.21 Å². The minimum absolute atomic E-state index is 0.192. The Bertz CT molecular complexity index is 981. The molecule has 1 aliphatic heterocycles. The first-order valence-electron chi connectivity index (χ1n) is 7.04. The van der Waals surface area contributed by atoms with E-state index < -0.39 is 0 Å². The van der Waals surface area contributed by atoms with E-state index in [9.17, 15) is 4.79 Å². The van der Waals surface area contributed by atoms with Crippen LogP contribution in [0.3, 0.4) is 0 Å². The predicted molar refractivity (Wildman–Crippen MR) is 91.9 cm³/mol. The van der Waals surface area contributed by atoms with Gasteiger partial charge in [-0.3, -0.25) is 4.79 Å². The Hall–Kier alpha value is -2.86. The van der Waals surface area contributed by atoms with E-state index in [2.05, 4.69) is 22.5 Å². The molecule has 1 aromatic carbocycles. The van der Waals surface area contributed by atoms with Gasteiger partial charge in [-0.15, -0.1) is 11.3 Å². The van der Waals surface area contributed by atoms with Gasteiger partial charge < -0.3 is 15.1 Å². The maximum absolute atomic E-state index is 11.8. The molecule has 23 heavy (non-hydrogen) atoms. The van der Waals surface area contributed by atoms with Crippen molar-refractivity contribution in [1.82, 2.24) is 4.90 Å². The Morgan fingerprint density at radius 2 is 2.09 bits per heavy atom. The highest BCUT2D eigenvalue weighted by atomic mass is 32.1. The first kappa shape index (κ1) is 13.8. The van der Waals surface area contributed by atoms with Gasteiger partial charge in [-0.05, 0) is 18.2 Å². The summed E-state index contributed by atoms with van der Waals surface area (Å²) in [5.74, 6) is 1.20. The molecule has 0 fully saturated rings. The van der Waals surface area contributed by atoms with Gasteiger partial charge in [0.25, 0.3) is 5.91 Å². The highest BCUT2D eigenvalue weighted by molar-refractivity contribution is 7.17. The first-order valence-corrected chi connectivity index (χ1v) is 7.92. The summed E-state index contributed by atoms with van der Waals surface area (Å²) in [5, 5.41) is 3.24. The number of amides is 1. The summed E-state index contributed by atoms with van der Waals surface area (Å²) in [6.45, 7) is 0.